The summed E-state index contributed by atoms with van der Waals surface area (Å²) in [6.07, 6.45) is 2.28. The van der Waals surface area contributed by atoms with Crippen LogP contribution in [-0.2, 0) is 21.1 Å². The number of benzene rings is 1. The van der Waals surface area contributed by atoms with E-state index in [1.54, 1.807) is 37.3 Å². The lowest BCUT2D eigenvalue weighted by Gasteiger charge is -2.30. The van der Waals surface area contributed by atoms with Crippen molar-refractivity contribution in [3.8, 4) is 11.8 Å². The molecule has 11 heteroatoms. The van der Waals surface area contributed by atoms with Crippen LogP contribution in [0.1, 0.15) is 31.9 Å². The monoisotopic (exact) mass is 564 g/mol. The molecule has 39 heavy (non-hydrogen) atoms. The van der Waals surface area contributed by atoms with Gasteiger partial charge in [-0.15, -0.1) is 0 Å². The molecule has 1 saturated heterocycles. The standard InChI is InChI=1S/C28H35F3N4O3S/c1-27(39(4,36)37)13-10-24(26(18-27)38-3)32-14-6-7-21-17-22-23(33-20-11-15-34(2)16-12-20)8-5-9-25(22)35(21)19-28(29,30)31/h5,8-10,17-18,20,32-33H,11-16,19H2,1-4H3. The number of halogens is 3. The maximum absolute atomic E-state index is 13.5. The number of hydrogen-bond donors (Lipinski definition) is 2. The van der Waals surface area contributed by atoms with Gasteiger partial charge in [-0.05, 0) is 76.5 Å². The Morgan fingerprint density at radius 3 is 2.59 bits per heavy atom. The zero-order valence-electron chi connectivity index (χ0n) is 22.7. The van der Waals surface area contributed by atoms with E-state index in [0.717, 1.165) is 31.6 Å². The van der Waals surface area contributed by atoms with E-state index in [-0.39, 0.29) is 24.7 Å². The van der Waals surface area contributed by atoms with Crippen molar-refractivity contribution in [2.24, 2.45) is 0 Å². The third kappa shape index (κ3) is 6.73. The number of ether oxygens (including phenoxy) is 1. The van der Waals surface area contributed by atoms with Crippen LogP contribution >= 0.6 is 0 Å². The summed E-state index contributed by atoms with van der Waals surface area (Å²) in [5, 5.41) is 7.34. The molecule has 1 unspecified atom stereocenters. The third-order valence-corrected chi connectivity index (χ3v) is 9.40. The Hall–Kier alpha value is -3.10. The number of piperidine rings is 1. The molecule has 0 saturated carbocycles. The maximum atomic E-state index is 13.5. The second-order valence-corrected chi connectivity index (χ2v) is 12.9. The first-order valence-corrected chi connectivity index (χ1v) is 14.7. The van der Waals surface area contributed by atoms with E-state index in [4.69, 9.17) is 4.74 Å². The number of hydrogen-bond acceptors (Lipinski definition) is 6. The van der Waals surface area contributed by atoms with Crippen LogP contribution in [0.15, 0.2) is 47.9 Å². The highest BCUT2D eigenvalue weighted by atomic mass is 32.2. The molecule has 2 heterocycles. The predicted octanol–water partition coefficient (Wildman–Crippen LogP) is 4.27. The molecule has 2 aromatic rings. The lowest BCUT2D eigenvalue weighted by atomic mass is 9.99. The number of aromatic nitrogens is 1. The van der Waals surface area contributed by atoms with Gasteiger partial charge >= 0.3 is 6.18 Å². The van der Waals surface area contributed by atoms with Crippen molar-refractivity contribution >= 4 is 26.4 Å². The Kier molecular flexibility index (Phi) is 8.28. The highest BCUT2D eigenvalue weighted by molar-refractivity contribution is 7.92. The Morgan fingerprint density at radius 1 is 1.23 bits per heavy atom. The Bertz CT molecular complexity index is 1440. The van der Waals surface area contributed by atoms with Crippen LogP contribution in [0, 0.1) is 11.8 Å². The summed E-state index contributed by atoms with van der Waals surface area (Å²) in [5.41, 5.74) is 2.14. The number of likely N-dealkylation sites (tertiary alicyclic amines) is 1. The van der Waals surface area contributed by atoms with Gasteiger partial charge in [-0.1, -0.05) is 18.1 Å². The van der Waals surface area contributed by atoms with Gasteiger partial charge in [0, 0.05) is 23.4 Å². The molecule has 212 valence electrons. The summed E-state index contributed by atoms with van der Waals surface area (Å²) in [7, 11) is 0.173. The summed E-state index contributed by atoms with van der Waals surface area (Å²) in [6.45, 7) is 2.56. The summed E-state index contributed by atoms with van der Waals surface area (Å²) < 4.78 is 70.5. The van der Waals surface area contributed by atoms with Gasteiger partial charge in [0.1, 0.15) is 12.3 Å². The summed E-state index contributed by atoms with van der Waals surface area (Å²) in [5.74, 6) is 6.21. The van der Waals surface area contributed by atoms with Crippen molar-refractivity contribution < 1.29 is 26.3 Å². The summed E-state index contributed by atoms with van der Waals surface area (Å²) >= 11 is 0. The molecule has 4 rings (SSSR count). The molecule has 7 nitrogen and oxygen atoms in total. The average molecular weight is 565 g/mol. The maximum Gasteiger partial charge on any atom is 0.406 e. The van der Waals surface area contributed by atoms with Crippen LogP contribution < -0.4 is 10.6 Å². The van der Waals surface area contributed by atoms with Crippen LogP contribution in [-0.4, -0.2) is 74.9 Å². The molecular formula is C28H35F3N4O3S. The molecule has 0 amide bonds. The van der Waals surface area contributed by atoms with Crippen molar-refractivity contribution in [3.63, 3.8) is 0 Å². The minimum absolute atomic E-state index is 0.135. The van der Waals surface area contributed by atoms with Gasteiger partial charge in [-0.25, -0.2) is 8.42 Å². The van der Waals surface area contributed by atoms with E-state index in [1.165, 1.54) is 17.9 Å². The van der Waals surface area contributed by atoms with Gasteiger partial charge in [0.05, 0.1) is 35.3 Å². The fraction of sp³-hybridized carbons (Fsp3) is 0.500. The van der Waals surface area contributed by atoms with Crippen molar-refractivity contribution in [1.82, 2.24) is 14.8 Å². The summed E-state index contributed by atoms with van der Waals surface area (Å²) in [4.78, 5) is 2.26. The fourth-order valence-corrected chi connectivity index (χ4v) is 5.62. The molecule has 2 N–H and O–H groups in total. The first kappa shape index (κ1) is 28.9. The van der Waals surface area contributed by atoms with Crippen LogP contribution in [0.5, 0.6) is 0 Å². The van der Waals surface area contributed by atoms with E-state index in [1.807, 2.05) is 6.07 Å². The minimum Gasteiger partial charge on any atom is -0.495 e. The van der Waals surface area contributed by atoms with Crippen molar-refractivity contribution in [2.45, 2.75) is 49.7 Å². The van der Waals surface area contributed by atoms with E-state index in [9.17, 15) is 21.6 Å². The van der Waals surface area contributed by atoms with Crippen molar-refractivity contribution in [3.05, 3.63) is 53.6 Å². The quantitative estimate of drug-likeness (QED) is 0.490. The zero-order valence-corrected chi connectivity index (χ0v) is 23.5. The van der Waals surface area contributed by atoms with Gasteiger partial charge in [0.2, 0.25) is 0 Å². The highest BCUT2D eigenvalue weighted by Crippen LogP contribution is 2.32. The van der Waals surface area contributed by atoms with E-state index < -0.39 is 27.3 Å². The Morgan fingerprint density at radius 2 is 1.95 bits per heavy atom. The number of alkyl halides is 3. The number of fused-ring (bicyclic) bond motifs is 1. The fourth-order valence-electron chi connectivity index (χ4n) is 4.92. The van der Waals surface area contributed by atoms with E-state index in [0.29, 0.717) is 22.4 Å². The Labute approximate surface area is 228 Å². The van der Waals surface area contributed by atoms with Crippen molar-refractivity contribution in [1.29, 1.82) is 0 Å². The molecule has 1 fully saturated rings. The third-order valence-electron chi connectivity index (χ3n) is 7.43. The Balaban J connectivity index is 1.56. The second-order valence-electron chi connectivity index (χ2n) is 10.5. The predicted molar refractivity (Wildman–Crippen MR) is 148 cm³/mol. The number of anilines is 1. The van der Waals surface area contributed by atoms with Gasteiger partial charge in [-0.2, -0.15) is 13.2 Å². The largest absolute Gasteiger partial charge is 0.495 e. The van der Waals surface area contributed by atoms with Crippen LogP contribution in [0.2, 0.25) is 0 Å². The lowest BCUT2D eigenvalue weighted by molar-refractivity contribution is -0.140. The highest BCUT2D eigenvalue weighted by Gasteiger charge is 2.36. The van der Waals surface area contributed by atoms with Crippen LogP contribution in [0.25, 0.3) is 10.9 Å². The second kappa shape index (κ2) is 11.2. The van der Waals surface area contributed by atoms with Gasteiger partial charge in [-0.3, -0.25) is 0 Å². The smallest absolute Gasteiger partial charge is 0.406 e. The topological polar surface area (TPSA) is 75.6 Å². The first-order chi connectivity index (χ1) is 18.3. The molecule has 1 aliphatic heterocycles. The number of rotatable bonds is 7. The molecule has 1 aliphatic carbocycles. The molecule has 0 bridgehead atoms. The molecule has 1 aromatic heterocycles. The molecular weight excluding hydrogens is 529 g/mol. The summed E-state index contributed by atoms with van der Waals surface area (Å²) in [6, 6.07) is 7.32. The van der Waals surface area contributed by atoms with E-state index in [2.05, 4.69) is 34.4 Å². The molecule has 2 aliphatic rings. The van der Waals surface area contributed by atoms with Crippen molar-refractivity contribution in [2.75, 3.05) is 45.4 Å². The molecule has 0 radical (unpaired) electrons. The van der Waals surface area contributed by atoms with Gasteiger partial charge in [0.25, 0.3) is 0 Å². The SMILES string of the molecule is COC1=CC(C)(S(C)(=O)=O)CC=C1NCC#Cc1cc2c(NC3CCN(C)CC3)cccc2n1CC(F)(F)F. The molecule has 1 aromatic carbocycles. The number of methoxy groups -OCH3 is 1. The number of sulfone groups is 1. The zero-order chi connectivity index (χ0) is 28.4. The molecule has 0 spiro atoms. The first-order valence-electron chi connectivity index (χ1n) is 12.8. The minimum atomic E-state index is -4.41. The molecule has 1 atom stereocenters. The van der Waals surface area contributed by atoms with Crippen LogP contribution in [0.4, 0.5) is 18.9 Å². The number of nitrogens with zero attached hydrogens (tertiary/aromatic N) is 2. The van der Waals surface area contributed by atoms with Crippen LogP contribution in [0.3, 0.4) is 0 Å². The lowest BCUT2D eigenvalue weighted by Crippen LogP contribution is -2.36. The van der Waals surface area contributed by atoms with E-state index >= 15 is 0 Å². The van der Waals surface area contributed by atoms with Gasteiger partial charge < -0.3 is 24.8 Å². The average Bonchev–Trinajstić information content (AvgIpc) is 3.20. The number of nitrogens with one attached hydrogen (secondary N) is 2. The van der Waals surface area contributed by atoms with Gasteiger partial charge in [0.15, 0.2) is 9.84 Å². The normalized spacial score (nSPS) is 21.1. The number of allylic oxidation sites excluding steroid dienone is 1.